The highest BCUT2D eigenvalue weighted by Gasteiger charge is 2.33. The summed E-state index contributed by atoms with van der Waals surface area (Å²) in [5, 5.41) is 11.8. The number of carboxylic acid groups (broad SMARTS) is 1. The lowest BCUT2D eigenvalue weighted by Gasteiger charge is -2.27. The Morgan fingerprint density at radius 1 is 1.32 bits per heavy atom. The highest BCUT2D eigenvalue weighted by molar-refractivity contribution is 5.86. The van der Waals surface area contributed by atoms with Gasteiger partial charge in [-0.25, -0.2) is 9.18 Å². The summed E-state index contributed by atoms with van der Waals surface area (Å²) in [7, 11) is 0. The summed E-state index contributed by atoms with van der Waals surface area (Å²) in [6, 6.07) is 4.40. The topological polar surface area (TPSA) is 83.5 Å². The third-order valence-corrected chi connectivity index (χ3v) is 3.85. The van der Waals surface area contributed by atoms with Crippen LogP contribution in [-0.4, -0.2) is 28.8 Å². The van der Waals surface area contributed by atoms with Crippen molar-refractivity contribution in [2.24, 2.45) is 5.92 Å². The van der Waals surface area contributed by atoms with E-state index in [2.05, 4.69) is 5.32 Å². The first kappa shape index (κ1) is 16.1. The van der Waals surface area contributed by atoms with E-state index in [1.165, 1.54) is 24.3 Å². The van der Waals surface area contributed by atoms with Gasteiger partial charge in [-0.1, -0.05) is 12.1 Å². The van der Waals surface area contributed by atoms with E-state index in [-0.39, 0.29) is 24.5 Å². The third kappa shape index (κ3) is 4.38. The molecule has 2 rings (SSSR count). The fourth-order valence-electron chi connectivity index (χ4n) is 2.74. The maximum atomic E-state index is 12.8. The van der Waals surface area contributed by atoms with Gasteiger partial charge < -0.3 is 10.4 Å². The average Bonchev–Trinajstić information content (AvgIpc) is 2.47. The molecule has 1 fully saturated rings. The van der Waals surface area contributed by atoms with Gasteiger partial charge in [-0.05, 0) is 36.5 Å². The lowest BCUT2D eigenvalue weighted by Crippen LogP contribution is -2.47. The maximum absolute atomic E-state index is 12.8. The second-order valence-corrected chi connectivity index (χ2v) is 5.58. The van der Waals surface area contributed by atoms with Gasteiger partial charge >= 0.3 is 5.97 Å². The molecule has 1 aliphatic carbocycles. The van der Waals surface area contributed by atoms with Crippen molar-refractivity contribution in [2.45, 2.75) is 38.1 Å². The van der Waals surface area contributed by atoms with E-state index in [1.54, 1.807) is 0 Å². The second kappa shape index (κ2) is 7.15. The van der Waals surface area contributed by atoms with Gasteiger partial charge in [0.25, 0.3) is 0 Å². The molecule has 0 saturated heterocycles. The molecular formula is C16H18FNO4. The molecule has 2 atom stereocenters. The normalized spacial score (nSPS) is 19.5. The van der Waals surface area contributed by atoms with Crippen LogP contribution in [0.4, 0.5) is 4.39 Å². The minimum absolute atomic E-state index is 0.0231. The number of amides is 1. The van der Waals surface area contributed by atoms with Crippen LogP contribution in [0.25, 0.3) is 0 Å². The fourth-order valence-corrected chi connectivity index (χ4v) is 2.74. The number of rotatable bonds is 5. The molecule has 0 heterocycles. The SMILES string of the molecule is O=C1CCC[C@H]([C@H](NC(=O)Cc2ccc(F)cc2)C(=O)O)C1. The van der Waals surface area contributed by atoms with Crippen molar-refractivity contribution in [3.63, 3.8) is 0 Å². The molecule has 5 nitrogen and oxygen atoms in total. The molecule has 1 amide bonds. The van der Waals surface area contributed by atoms with Crippen molar-refractivity contribution in [1.29, 1.82) is 0 Å². The predicted octanol–water partition coefficient (Wildman–Crippen LogP) is 1.70. The van der Waals surface area contributed by atoms with Crippen LogP contribution in [0.1, 0.15) is 31.2 Å². The third-order valence-electron chi connectivity index (χ3n) is 3.85. The molecule has 0 unspecified atom stereocenters. The largest absolute Gasteiger partial charge is 0.480 e. The highest BCUT2D eigenvalue weighted by atomic mass is 19.1. The molecule has 1 aromatic rings. The van der Waals surface area contributed by atoms with E-state index < -0.39 is 23.7 Å². The van der Waals surface area contributed by atoms with Gasteiger partial charge in [-0.3, -0.25) is 9.59 Å². The predicted molar refractivity (Wildman–Crippen MR) is 76.6 cm³/mol. The molecule has 0 aromatic heterocycles. The molecule has 6 heteroatoms. The van der Waals surface area contributed by atoms with Crippen LogP contribution in [0.5, 0.6) is 0 Å². The summed E-state index contributed by atoms with van der Waals surface area (Å²) in [5.41, 5.74) is 0.600. The van der Waals surface area contributed by atoms with Gasteiger partial charge in [0.1, 0.15) is 17.6 Å². The zero-order chi connectivity index (χ0) is 16.1. The molecule has 118 valence electrons. The van der Waals surface area contributed by atoms with Crippen LogP contribution < -0.4 is 5.32 Å². The van der Waals surface area contributed by atoms with Gasteiger partial charge in [0, 0.05) is 12.8 Å². The summed E-state index contributed by atoms with van der Waals surface area (Å²) in [6.45, 7) is 0. The Bertz CT molecular complexity index is 570. The molecule has 2 N–H and O–H groups in total. The van der Waals surface area contributed by atoms with Gasteiger partial charge in [0.2, 0.25) is 5.91 Å². The number of Topliss-reactive ketones (excluding diaryl/α,β-unsaturated/α-hetero) is 1. The van der Waals surface area contributed by atoms with Crippen molar-refractivity contribution in [1.82, 2.24) is 5.32 Å². The number of benzene rings is 1. The van der Waals surface area contributed by atoms with E-state index in [4.69, 9.17) is 0 Å². The van der Waals surface area contributed by atoms with Crippen molar-refractivity contribution < 1.29 is 23.9 Å². The number of hydrogen-bond donors (Lipinski definition) is 2. The minimum atomic E-state index is -1.13. The molecule has 1 aliphatic rings. The van der Waals surface area contributed by atoms with E-state index in [1.807, 2.05) is 0 Å². The molecule has 0 aliphatic heterocycles. The molecule has 1 saturated carbocycles. The Hall–Kier alpha value is -2.24. The molecule has 1 aromatic carbocycles. The van der Waals surface area contributed by atoms with Crippen molar-refractivity contribution in [3.8, 4) is 0 Å². The molecule has 0 radical (unpaired) electrons. The number of nitrogens with one attached hydrogen (secondary N) is 1. The zero-order valence-electron chi connectivity index (χ0n) is 12.0. The molecule has 0 bridgehead atoms. The first-order valence-corrected chi connectivity index (χ1v) is 7.24. The Balaban J connectivity index is 1.98. The van der Waals surface area contributed by atoms with E-state index in [0.717, 1.165) is 0 Å². The number of carbonyl (C=O) groups excluding carboxylic acids is 2. The number of halogens is 1. The number of carbonyl (C=O) groups is 3. The number of aliphatic carboxylic acids is 1. The van der Waals surface area contributed by atoms with Crippen LogP contribution in [-0.2, 0) is 20.8 Å². The van der Waals surface area contributed by atoms with Crippen molar-refractivity contribution in [3.05, 3.63) is 35.6 Å². The second-order valence-electron chi connectivity index (χ2n) is 5.58. The number of hydrogen-bond acceptors (Lipinski definition) is 3. The lowest BCUT2D eigenvalue weighted by atomic mass is 9.83. The van der Waals surface area contributed by atoms with Crippen molar-refractivity contribution in [2.75, 3.05) is 0 Å². The Morgan fingerprint density at radius 3 is 2.59 bits per heavy atom. The Labute approximate surface area is 127 Å². The van der Waals surface area contributed by atoms with Gasteiger partial charge in [-0.2, -0.15) is 0 Å². The Kier molecular flexibility index (Phi) is 5.25. The van der Waals surface area contributed by atoms with Crippen LogP contribution >= 0.6 is 0 Å². The lowest BCUT2D eigenvalue weighted by molar-refractivity contribution is -0.144. The first-order chi connectivity index (χ1) is 10.5. The summed E-state index contributed by atoms with van der Waals surface area (Å²) in [4.78, 5) is 34.8. The monoisotopic (exact) mass is 307 g/mol. The van der Waals surface area contributed by atoms with E-state index in [0.29, 0.717) is 24.8 Å². The van der Waals surface area contributed by atoms with Crippen LogP contribution in [0.2, 0.25) is 0 Å². The Morgan fingerprint density at radius 2 is 2.00 bits per heavy atom. The van der Waals surface area contributed by atoms with Gasteiger partial charge in [0.15, 0.2) is 0 Å². The zero-order valence-corrected chi connectivity index (χ0v) is 12.0. The van der Waals surface area contributed by atoms with Crippen LogP contribution in [0, 0.1) is 11.7 Å². The fraction of sp³-hybridized carbons (Fsp3) is 0.438. The van der Waals surface area contributed by atoms with E-state index >= 15 is 0 Å². The summed E-state index contributed by atoms with van der Waals surface area (Å²) >= 11 is 0. The standard InChI is InChI=1S/C16H18FNO4/c17-12-6-4-10(5-7-12)8-14(20)18-15(16(21)22)11-2-1-3-13(19)9-11/h4-7,11,15H,1-3,8-9H2,(H,18,20)(H,21,22)/t11-,15-/m0/s1. The van der Waals surface area contributed by atoms with Gasteiger partial charge in [-0.15, -0.1) is 0 Å². The summed E-state index contributed by atoms with van der Waals surface area (Å²) < 4.78 is 12.8. The molecule has 0 spiro atoms. The maximum Gasteiger partial charge on any atom is 0.326 e. The minimum Gasteiger partial charge on any atom is -0.480 e. The van der Waals surface area contributed by atoms with Crippen LogP contribution in [0.15, 0.2) is 24.3 Å². The first-order valence-electron chi connectivity index (χ1n) is 7.24. The highest BCUT2D eigenvalue weighted by Crippen LogP contribution is 2.24. The quantitative estimate of drug-likeness (QED) is 0.867. The van der Waals surface area contributed by atoms with Crippen molar-refractivity contribution >= 4 is 17.7 Å². The number of carboxylic acids is 1. The summed E-state index contributed by atoms with van der Waals surface area (Å²) in [6.07, 6.45) is 1.91. The summed E-state index contributed by atoms with van der Waals surface area (Å²) in [5.74, 6) is -2.30. The molecule has 22 heavy (non-hydrogen) atoms. The van der Waals surface area contributed by atoms with E-state index in [9.17, 15) is 23.9 Å². The smallest absolute Gasteiger partial charge is 0.326 e. The molecular weight excluding hydrogens is 289 g/mol. The van der Waals surface area contributed by atoms with Crippen LogP contribution in [0.3, 0.4) is 0 Å². The van der Waals surface area contributed by atoms with Gasteiger partial charge in [0.05, 0.1) is 6.42 Å². The number of ketones is 1. The average molecular weight is 307 g/mol.